The summed E-state index contributed by atoms with van der Waals surface area (Å²) in [6, 6.07) is 1.31. The van der Waals surface area contributed by atoms with Gasteiger partial charge in [-0.3, -0.25) is 9.89 Å². The molecule has 0 spiro atoms. The number of rotatable bonds is 8. The Morgan fingerprint density at radius 2 is 1.83 bits per heavy atom. The summed E-state index contributed by atoms with van der Waals surface area (Å²) in [6.07, 6.45) is 9.46. The second-order valence-electron chi connectivity index (χ2n) is 7.58. The van der Waals surface area contributed by atoms with Gasteiger partial charge in [-0.25, -0.2) is 0 Å². The molecule has 0 heterocycles. The standard InChI is InChI=1S/C18H34N4O/c1-2-19-18(21-15-5-9-17(23)10-6-15)20-11-12-22(16-7-8-16)13-14-3-4-14/h14-17,23H,2-13H2,1H3,(H2,19,20,21). The summed E-state index contributed by atoms with van der Waals surface area (Å²) in [5, 5.41) is 16.6. The van der Waals surface area contributed by atoms with E-state index in [0.29, 0.717) is 6.04 Å². The molecular formula is C18H34N4O. The minimum absolute atomic E-state index is 0.0953. The average molecular weight is 322 g/mol. The van der Waals surface area contributed by atoms with Crippen LogP contribution in [0.5, 0.6) is 0 Å². The molecular weight excluding hydrogens is 288 g/mol. The Bertz CT molecular complexity index is 384. The molecule has 23 heavy (non-hydrogen) atoms. The normalized spacial score (nSPS) is 28.9. The van der Waals surface area contributed by atoms with E-state index in [1.807, 2.05) is 0 Å². The highest BCUT2D eigenvalue weighted by Crippen LogP contribution is 2.34. The lowest BCUT2D eigenvalue weighted by Gasteiger charge is -2.28. The van der Waals surface area contributed by atoms with Crippen LogP contribution in [0.3, 0.4) is 0 Å². The minimum atomic E-state index is -0.0953. The van der Waals surface area contributed by atoms with E-state index in [0.717, 1.165) is 63.2 Å². The number of aliphatic imine (C=N–C) groups is 1. The number of nitrogens with zero attached hydrogens (tertiary/aromatic N) is 2. The summed E-state index contributed by atoms with van der Waals surface area (Å²) in [7, 11) is 0. The lowest BCUT2D eigenvalue weighted by Crippen LogP contribution is -2.45. The number of aliphatic hydroxyl groups is 1. The zero-order valence-corrected chi connectivity index (χ0v) is 14.6. The molecule has 0 amide bonds. The van der Waals surface area contributed by atoms with Crippen LogP contribution in [-0.2, 0) is 0 Å². The second kappa shape index (κ2) is 8.34. The fourth-order valence-electron chi connectivity index (χ4n) is 3.52. The van der Waals surface area contributed by atoms with E-state index in [4.69, 9.17) is 4.99 Å². The first-order valence-electron chi connectivity index (χ1n) is 9.71. The molecule has 3 aliphatic carbocycles. The van der Waals surface area contributed by atoms with Crippen LogP contribution in [0.25, 0.3) is 0 Å². The van der Waals surface area contributed by atoms with Crippen molar-refractivity contribution in [1.29, 1.82) is 0 Å². The van der Waals surface area contributed by atoms with Crippen LogP contribution in [0, 0.1) is 5.92 Å². The summed E-state index contributed by atoms with van der Waals surface area (Å²) < 4.78 is 0. The van der Waals surface area contributed by atoms with E-state index < -0.39 is 0 Å². The molecule has 0 atom stereocenters. The summed E-state index contributed by atoms with van der Waals surface area (Å²) in [5.41, 5.74) is 0. The van der Waals surface area contributed by atoms with Crippen LogP contribution in [0.15, 0.2) is 4.99 Å². The molecule has 0 aromatic heterocycles. The Balaban J connectivity index is 1.43. The molecule has 3 aliphatic rings. The van der Waals surface area contributed by atoms with Gasteiger partial charge in [0.2, 0.25) is 0 Å². The second-order valence-corrected chi connectivity index (χ2v) is 7.58. The molecule has 5 heteroatoms. The largest absolute Gasteiger partial charge is 0.393 e. The molecule has 0 radical (unpaired) electrons. The van der Waals surface area contributed by atoms with Crippen LogP contribution >= 0.6 is 0 Å². The Labute approximate surface area is 140 Å². The minimum Gasteiger partial charge on any atom is -0.393 e. The summed E-state index contributed by atoms with van der Waals surface area (Å²) in [4.78, 5) is 7.46. The highest BCUT2D eigenvalue weighted by Gasteiger charge is 2.33. The SMILES string of the molecule is CCNC(=NCCN(CC1CC1)C1CC1)NC1CCC(O)CC1. The van der Waals surface area contributed by atoms with Crippen LogP contribution < -0.4 is 10.6 Å². The third-order valence-electron chi connectivity index (χ3n) is 5.29. The van der Waals surface area contributed by atoms with Crippen molar-refractivity contribution in [2.45, 2.75) is 76.5 Å². The number of hydrogen-bond acceptors (Lipinski definition) is 3. The van der Waals surface area contributed by atoms with Gasteiger partial charge in [0.05, 0.1) is 12.6 Å². The zero-order chi connectivity index (χ0) is 16.1. The molecule has 3 N–H and O–H groups in total. The van der Waals surface area contributed by atoms with Crippen LogP contribution in [0.2, 0.25) is 0 Å². The fourth-order valence-corrected chi connectivity index (χ4v) is 3.52. The summed E-state index contributed by atoms with van der Waals surface area (Å²) >= 11 is 0. The predicted octanol–water partition coefficient (Wildman–Crippen LogP) is 1.72. The Morgan fingerprint density at radius 1 is 1.09 bits per heavy atom. The number of aliphatic hydroxyl groups excluding tert-OH is 1. The van der Waals surface area contributed by atoms with Crippen LogP contribution in [0.1, 0.15) is 58.3 Å². The Kier molecular flexibility index (Phi) is 6.17. The maximum Gasteiger partial charge on any atom is 0.191 e. The highest BCUT2D eigenvalue weighted by atomic mass is 16.3. The third-order valence-corrected chi connectivity index (χ3v) is 5.29. The quantitative estimate of drug-likeness (QED) is 0.470. The maximum atomic E-state index is 9.62. The molecule has 3 saturated carbocycles. The van der Waals surface area contributed by atoms with Gasteiger partial charge in [-0.2, -0.15) is 0 Å². The molecule has 132 valence electrons. The van der Waals surface area contributed by atoms with E-state index in [2.05, 4.69) is 22.5 Å². The van der Waals surface area contributed by atoms with E-state index in [1.165, 1.54) is 32.2 Å². The van der Waals surface area contributed by atoms with Crippen molar-refractivity contribution in [3.63, 3.8) is 0 Å². The fraction of sp³-hybridized carbons (Fsp3) is 0.944. The molecule has 0 aliphatic heterocycles. The average Bonchev–Trinajstić information content (AvgIpc) is 3.42. The first-order valence-corrected chi connectivity index (χ1v) is 9.71. The lowest BCUT2D eigenvalue weighted by atomic mass is 9.93. The van der Waals surface area contributed by atoms with Gasteiger partial charge in [-0.05, 0) is 64.2 Å². The van der Waals surface area contributed by atoms with E-state index in [1.54, 1.807) is 0 Å². The van der Waals surface area contributed by atoms with Gasteiger partial charge < -0.3 is 15.7 Å². The van der Waals surface area contributed by atoms with Gasteiger partial charge in [0.25, 0.3) is 0 Å². The molecule has 3 rings (SSSR count). The topological polar surface area (TPSA) is 59.9 Å². The molecule has 0 saturated heterocycles. The van der Waals surface area contributed by atoms with E-state index in [9.17, 15) is 5.11 Å². The number of guanidine groups is 1. The first-order chi connectivity index (χ1) is 11.2. The first kappa shape index (κ1) is 17.0. The Morgan fingerprint density at radius 3 is 2.43 bits per heavy atom. The summed E-state index contributed by atoms with van der Waals surface area (Å²) in [5.74, 6) is 1.93. The number of nitrogens with one attached hydrogen (secondary N) is 2. The van der Waals surface area contributed by atoms with Gasteiger partial charge in [0.15, 0.2) is 5.96 Å². The summed E-state index contributed by atoms with van der Waals surface area (Å²) in [6.45, 7) is 6.29. The van der Waals surface area contributed by atoms with E-state index in [-0.39, 0.29) is 6.10 Å². The molecule has 0 aromatic rings. The molecule has 3 fully saturated rings. The molecule has 0 bridgehead atoms. The third kappa shape index (κ3) is 5.96. The van der Waals surface area contributed by atoms with Gasteiger partial charge in [-0.1, -0.05) is 0 Å². The van der Waals surface area contributed by atoms with Crippen LogP contribution in [0.4, 0.5) is 0 Å². The monoisotopic (exact) mass is 322 g/mol. The van der Waals surface area contributed by atoms with Gasteiger partial charge in [0.1, 0.15) is 0 Å². The van der Waals surface area contributed by atoms with Crippen LogP contribution in [-0.4, -0.2) is 60.3 Å². The maximum absolute atomic E-state index is 9.62. The molecule has 0 unspecified atom stereocenters. The van der Waals surface area contributed by atoms with Crippen molar-refractivity contribution < 1.29 is 5.11 Å². The van der Waals surface area contributed by atoms with Gasteiger partial charge in [0, 0.05) is 31.7 Å². The zero-order valence-electron chi connectivity index (χ0n) is 14.6. The van der Waals surface area contributed by atoms with Crippen molar-refractivity contribution in [3.8, 4) is 0 Å². The van der Waals surface area contributed by atoms with E-state index >= 15 is 0 Å². The van der Waals surface area contributed by atoms with Crippen molar-refractivity contribution in [2.24, 2.45) is 10.9 Å². The van der Waals surface area contributed by atoms with Gasteiger partial charge >= 0.3 is 0 Å². The predicted molar refractivity (Wildman–Crippen MR) is 94.7 cm³/mol. The lowest BCUT2D eigenvalue weighted by molar-refractivity contribution is 0.120. The van der Waals surface area contributed by atoms with Crippen molar-refractivity contribution >= 4 is 5.96 Å². The van der Waals surface area contributed by atoms with Crippen molar-refractivity contribution in [1.82, 2.24) is 15.5 Å². The molecule has 0 aromatic carbocycles. The molecule has 5 nitrogen and oxygen atoms in total. The highest BCUT2D eigenvalue weighted by molar-refractivity contribution is 5.80. The smallest absolute Gasteiger partial charge is 0.191 e. The number of hydrogen-bond donors (Lipinski definition) is 3. The van der Waals surface area contributed by atoms with Crippen molar-refractivity contribution in [3.05, 3.63) is 0 Å². The Hall–Kier alpha value is -0.810. The van der Waals surface area contributed by atoms with Gasteiger partial charge in [-0.15, -0.1) is 0 Å². The van der Waals surface area contributed by atoms with Crippen molar-refractivity contribution in [2.75, 3.05) is 26.2 Å².